The third-order valence-corrected chi connectivity index (χ3v) is 6.12. The fraction of sp³-hybridized carbons (Fsp3) is 0.400. The Morgan fingerprint density at radius 2 is 1.81 bits per heavy atom. The summed E-state index contributed by atoms with van der Waals surface area (Å²) in [6.07, 6.45) is 2.21. The zero-order chi connectivity index (χ0) is 21.8. The summed E-state index contributed by atoms with van der Waals surface area (Å²) in [6, 6.07) is 17.2. The zero-order valence-electron chi connectivity index (χ0n) is 17.9. The highest BCUT2D eigenvalue weighted by molar-refractivity contribution is 5.94. The van der Waals surface area contributed by atoms with Crippen molar-refractivity contribution in [2.75, 3.05) is 19.6 Å². The number of nitrogens with one attached hydrogen (secondary N) is 1. The lowest BCUT2D eigenvalue weighted by Crippen LogP contribution is -2.62. The molecule has 0 saturated carbocycles. The van der Waals surface area contributed by atoms with E-state index in [4.69, 9.17) is 0 Å². The quantitative estimate of drug-likeness (QED) is 0.783. The van der Waals surface area contributed by atoms with E-state index in [1.54, 1.807) is 4.90 Å². The number of rotatable bonds is 6. The largest absolute Gasteiger partial charge is 0.344 e. The summed E-state index contributed by atoms with van der Waals surface area (Å²) in [7, 11) is 0. The highest BCUT2D eigenvalue weighted by atomic mass is 16.2. The molecule has 2 fully saturated rings. The summed E-state index contributed by atoms with van der Waals surface area (Å²) in [5.41, 5.74) is 3.23. The van der Waals surface area contributed by atoms with Crippen molar-refractivity contribution in [2.24, 2.45) is 0 Å². The number of carbonyl (C=O) groups is 3. The predicted molar refractivity (Wildman–Crippen MR) is 119 cm³/mol. The van der Waals surface area contributed by atoms with Crippen molar-refractivity contribution in [3.05, 3.63) is 60.2 Å². The molecule has 3 amide bonds. The topological polar surface area (TPSA) is 69.7 Å². The Balaban J connectivity index is 1.59. The van der Waals surface area contributed by atoms with Crippen molar-refractivity contribution in [3.8, 4) is 11.1 Å². The van der Waals surface area contributed by atoms with Gasteiger partial charge in [0.05, 0.1) is 0 Å². The average molecular weight is 420 g/mol. The van der Waals surface area contributed by atoms with Crippen LogP contribution < -0.4 is 5.32 Å². The highest BCUT2D eigenvalue weighted by Gasteiger charge is 2.40. The fourth-order valence-electron chi connectivity index (χ4n) is 4.52. The number of piperazine rings is 1. The first kappa shape index (κ1) is 21.1. The molecular formula is C25H29N3O3. The second-order valence-electron chi connectivity index (χ2n) is 8.30. The van der Waals surface area contributed by atoms with Gasteiger partial charge in [0, 0.05) is 32.5 Å². The Morgan fingerprint density at radius 3 is 2.52 bits per heavy atom. The van der Waals surface area contributed by atoms with Gasteiger partial charge in [-0.3, -0.25) is 14.4 Å². The normalized spacial score (nSPS) is 21.3. The second-order valence-corrected chi connectivity index (χ2v) is 8.30. The predicted octanol–water partition coefficient (Wildman–Crippen LogP) is 2.62. The van der Waals surface area contributed by atoms with Crippen molar-refractivity contribution in [2.45, 2.75) is 44.7 Å². The molecule has 1 N–H and O–H groups in total. The fourth-order valence-corrected chi connectivity index (χ4v) is 4.52. The summed E-state index contributed by atoms with van der Waals surface area (Å²) < 4.78 is 0. The zero-order valence-corrected chi connectivity index (χ0v) is 17.9. The third kappa shape index (κ3) is 4.63. The first-order valence-electron chi connectivity index (χ1n) is 11.1. The molecule has 6 nitrogen and oxygen atoms in total. The van der Waals surface area contributed by atoms with Crippen LogP contribution in [0.3, 0.4) is 0 Å². The van der Waals surface area contributed by atoms with Crippen LogP contribution in [0.2, 0.25) is 0 Å². The van der Waals surface area contributed by atoms with Gasteiger partial charge in [0.1, 0.15) is 12.1 Å². The Labute approximate surface area is 183 Å². The van der Waals surface area contributed by atoms with E-state index in [0.717, 1.165) is 23.1 Å². The lowest BCUT2D eigenvalue weighted by Gasteiger charge is -2.41. The number of benzene rings is 2. The molecule has 162 valence electrons. The second kappa shape index (κ2) is 9.33. The Bertz CT molecular complexity index is 959. The maximum atomic E-state index is 13.3. The molecule has 6 heteroatoms. The maximum Gasteiger partial charge on any atom is 0.245 e. The van der Waals surface area contributed by atoms with Gasteiger partial charge in [0.2, 0.25) is 17.7 Å². The van der Waals surface area contributed by atoms with Gasteiger partial charge in [-0.25, -0.2) is 0 Å². The van der Waals surface area contributed by atoms with Gasteiger partial charge in [0.25, 0.3) is 0 Å². The van der Waals surface area contributed by atoms with Crippen LogP contribution in [0, 0.1) is 0 Å². The van der Waals surface area contributed by atoms with E-state index >= 15 is 0 Å². The summed E-state index contributed by atoms with van der Waals surface area (Å²) in [5.74, 6) is -0.239. The molecule has 0 bridgehead atoms. The van der Waals surface area contributed by atoms with E-state index in [1.807, 2.05) is 35.2 Å². The number of hydrogen-bond donors (Lipinski definition) is 1. The van der Waals surface area contributed by atoms with Gasteiger partial charge >= 0.3 is 0 Å². The molecule has 0 radical (unpaired) electrons. The van der Waals surface area contributed by atoms with Crippen LogP contribution in [-0.4, -0.2) is 59.2 Å². The minimum Gasteiger partial charge on any atom is -0.344 e. The summed E-state index contributed by atoms with van der Waals surface area (Å²) in [4.78, 5) is 41.7. The number of nitrogens with zero attached hydrogens (tertiary/aromatic N) is 2. The van der Waals surface area contributed by atoms with Gasteiger partial charge in [0.15, 0.2) is 0 Å². The summed E-state index contributed by atoms with van der Waals surface area (Å²) >= 11 is 0. The molecule has 2 unspecified atom stereocenters. The van der Waals surface area contributed by atoms with Crippen LogP contribution in [0.25, 0.3) is 11.1 Å². The standard InChI is InChI=1S/C25H29N3O3/c1-2-13-27-14-15-28(24(30)21-11-12-23(29)26-21)22(25(27)31)17-18-7-6-10-20(16-18)19-8-4-3-5-9-19/h3-10,16,21-22H,2,11-15,17H2,1H3,(H,26,29). The van der Waals surface area contributed by atoms with Crippen LogP contribution in [0.1, 0.15) is 31.7 Å². The van der Waals surface area contributed by atoms with Crippen LogP contribution >= 0.6 is 0 Å². The maximum absolute atomic E-state index is 13.3. The highest BCUT2D eigenvalue weighted by Crippen LogP contribution is 2.24. The molecule has 0 spiro atoms. The lowest BCUT2D eigenvalue weighted by molar-refractivity contribution is -0.152. The molecule has 2 aromatic carbocycles. The Morgan fingerprint density at radius 1 is 1.03 bits per heavy atom. The minimum atomic E-state index is -0.545. The third-order valence-electron chi connectivity index (χ3n) is 6.12. The first-order chi connectivity index (χ1) is 15.1. The van der Waals surface area contributed by atoms with Crippen LogP contribution in [0.5, 0.6) is 0 Å². The van der Waals surface area contributed by atoms with Crippen LogP contribution in [0.15, 0.2) is 54.6 Å². The van der Waals surface area contributed by atoms with Crippen molar-refractivity contribution in [3.63, 3.8) is 0 Å². The molecule has 2 saturated heterocycles. The molecule has 2 heterocycles. The van der Waals surface area contributed by atoms with Crippen LogP contribution in [-0.2, 0) is 20.8 Å². The van der Waals surface area contributed by atoms with E-state index in [-0.39, 0.29) is 17.7 Å². The average Bonchev–Trinajstić information content (AvgIpc) is 3.23. The monoisotopic (exact) mass is 419 g/mol. The Kier molecular flexibility index (Phi) is 6.35. The van der Waals surface area contributed by atoms with E-state index < -0.39 is 12.1 Å². The van der Waals surface area contributed by atoms with Crippen molar-refractivity contribution >= 4 is 17.7 Å². The lowest BCUT2D eigenvalue weighted by atomic mass is 9.96. The van der Waals surface area contributed by atoms with E-state index in [0.29, 0.717) is 38.9 Å². The summed E-state index contributed by atoms with van der Waals surface area (Å²) in [6.45, 7) is 3.79. The van der Waals surface area contributed by atoms with Crippen LogP contribution in [0.4, 0.5) is 0 Å². The molecule has 4 rings (SSSR count). The van der Waals surface area contributed by atoms with Gasteiger partial charge in [-0.2, -0.15) is 0 Å². The molecule has 0 aromatic heterocycles. The molecule has 2 atom stereocenters. The van der Waals surface area contributed by atoms with Crippen molar-refractivity contribution in [1.82, 2.24) is 15.1 Å². The number of amides is 3. The van der Waals surface area contributed by atoms with E-state index in [9.17, 15) is 14.4 Å². The molecule has 2 aliphatic heterocycles. The number of hydrogen-bond acceptors (Lipinski definition) is 3. The van der Waals surface area contributed by atoms with Gasteiger partial charge in [-0.05, 0) is 29.5 Å². The van der Waals surface area contributed by atoms with Crippen molar-refractivity contribution < 1.29 is 14.4 Å². The van der Waals surface area contributed by atoms with Crippen molar-refractivity contribution in [1.29, 1.82) is 0 Å². The molecule has 31 heavy (non-hydrogen) atoms. The SMILES string of the molecule is CCCN1CCN(C(=O)C2CCC(=O)N2)C(Cc2cccc(-c3ccccc3)c2)C1=O. The van der Waals surface area contributed by atoms with Gasteiger partial charge in [-0.1, -0.05) is 61.5 Å². The molecule has 2 aliphatic rings. The van der Waals surface area contributed by atoms with Gasteiger partial charge in [-0.15, -0.1) is 0 Å². The molecule has 2 aromatic rings. The number of carbonyl (C=O) groups excluding carboxylic acids is 3. The minimum absolute atomic E-state index is 0.00381. The van der Waals surface area contributed by atoms with E-state index in [2.05, 4.69) is 36.5 Å². The first-order valence-corrected chi connectivity index (χ1v) is 11.1. The Hall–Kier alpha value is -3.15. The molecular weight excluding hydrogens is 390 g/mol. The molecule has 0 aliphatic carbocycles. The van der Waals surface area contributed by atoms with Gasteiger partial charge < -0.3 is 15.1 Å². The van der Waals surface area contributed by atoms with E-state index in [1.165, 1.54) is 0 Å². The smallest absolute Gasteiger partial charge is 0.245 e. The summed E-state index contributed by atoms with van der Waals surface area (Å²) in [5, 5.41) is 2.76.